The zero-order valence-corrected chi connectivity index (χ0v) is 12.0. The molecule has 0 amide bonds. The Morgan fingerprint density at radius 1 is 1.50 bits per heavy atom. The molecule has 1 aliphatic rings. The predicted molar refractivity (Wildman–Crippen MR) is 75.5 cm³/mol. The highest BCUT2D eigenvalue weighted by Gasteiger charge is 2.30. The van der Waals surface area contributed by atoms with Crippen molar-refractivity contribution < 1.29 is 0 Å². The lowest BCUT2D eigenvalue weighted by Gasteiger charge is -2.27. The number of nitrogens with one attached hydrogen (secondary N) is 1. The molecular weight excluding hydrogens is 222 g/mol. The van der Waals surface area contributed by atoms with Crippen molar-refractivity contribution in [3.63, 3.8) is 0 Å². The Kier molecular flexibility index (Phi) is 4.81. The number of aromatic nitrogens is 2. The maximum Gasteiger partial charge on any atom is 0.108 e. The summed E-state index contributed by atoms with van der Waals surface area (Å²) in [6.07, 6.45) is 10.5. The SMILES string of the molecule is CCNC(CCc1nccn1C)C1CCCC1C. The van der Waals surface area contributed by atoms with Crippen LogP contribution >= 0.6 is 0 Å². The second kappa shape index (κ2) is 6.37. The molecule has 18 heavy (non-hydrogen) atoms. The van der Waals surface area contributed by atoms with Crippen molar-refractivity contribution in [3.8, 4) is 0 Å². The molecule has 1 N–H and O–H groups in total. The summed E-state index contributed by atoms with van der Waals surface area (Å²) in [7, 11) is 2.09. The van der Waals surface area contributed by atoms with Crippen molar-refractivity contribution >= 4 is 0 Å². The van der Waals surface area contributed by atoms with E-state index in [2.05, 4.69) is 35.8 Å². The van der Waals surface area contributed by atoms with E-state index in [1.165, 1.54) is 31.5 Å². The molecule has 1 fully saturated rings. The van der Waals surface area contributed by atoms with Crippen molar-refractivity contribution in [1.82, 2.24) is 14.9 Å². The second-order valence-corrected chi connectivity index (χ2v) is 5.73. The number of hydrogen-bond donors (Lipinski definition) is 1. The van der Waals surface area contributed by atoms with Crippen LogP contribution in [0.1, 0.15) is 45.4 Å². The van der Waals surface area contributed by atoms with Gasteiger partial charge in [-0.05, 0) is 31.2 Å². The second-order valence-electron chi connectivity index (χ2n) is 5.73. The van der Waals surface area contributed by atoms with Gasteiger partial charge < -0.3 is 9.88 Å². The van der Waals surface area contributed by atoms with Gasteiger partial charge in [-0.1, -0.05) is 26.7 Å². The Bertz CT molecular complexity index is 358. The maximum atomic E-state index is 4.43. The summed E-state index contributed by atoms with van der Waals surface area (Å²) in [4.78, 5) is 4.43. The molecule has 3 atom stereocenters. The van der Waals surface area contributed by atoms with Crippen LogP contribution in [0.2, 0.25) is 0 Å². The van der Waals surface area contributed by atoms with E-state index in [-0.39, 0.29) is 0 Å². The van der Waals surface area contributed by atoms with E-state index < -0.39 is 0 Å². The molecule has 3 nitrogen and oxygen atoms in total. The number of imidazole rings is 1. The van der Waals surface area contributed by atoms with E-state index in [1.54, 1.807) is 0 Å². The van der Waals surface area contributed by atoms with Gasteiger partial charge >= 0.3 is 0 Å². The summed E-state index contributed by atoms with van der Waals surface area (Å²) < 4.78 is 2.14. The minimum absolute atomic E-state index is 0.671. The van der Waals surface area contributed by atoms with Gasteiger partial charge in [0, 0.05) is 31.9 Å². The first-order valence-corrected chi connectivity index (χ1v) is 7.42. The van der Waals surface area contributed by atoms with E-state index >= 15 is 0 Å². The van der Waals surface area contributed by atoms with Gasteiger partial charge in [0.25, 0.3) is 0 Å². The van der Waals surface area contributed by atoms with Crippen LogP contribution in [0.15, 0.2) is 12.4 Å². The molecule has 1 saturated carbocycles. The average Bonchev–Trinajstić information content (AvgIpc) is 2.94. The fraction of sp³-hybridized carbons (Fsp3) is 0.800. The van der Waals surface area contributed by atoms with Crippen LogP contribution in [0.5, 0.6) is 0 Å². The fourth-order valence-corrected chi connectivity index (χ4v) is 3.42. The highest BCUT2D eigenvalue weighted by molar-refractivity contribution is 4.94. The lowest BCUT2D eigenvalue weighted by molar-refractivity contribution is 0.286. The molecule has 1 aliphatic carbocycles. The fourth-order valence-electron chi connectivity index (χ4n) is 3.42. The van der Waals surface area contributed by atoms with E-state index in [9.17, 15) is 0 Å². The van der Waals surface area contributed by atoms with E-state index in [0.717, 1.165) is 24.8 Å². The summed E-state index contributed by atoms with van der Waals surface area (Å²) in [5.41, 5.74) is 0. The first-order valence-electron chi connectivity index (χ1n) is 7.42. The van der Waals surface area contributed by atoms with Crippen molar-refractivity contribution in [2.75, 3.05) is 6.54 Å². The zero-order chi connectivity index (χ0) is 13.0. The first-order chi connectivity index (χ1) is 8.72. The third-order valence-corrected chi connectivity index (χ3v) is 4.51. The Balaban J connectivity index is 1.92. The van der Waals surface area contributed by atoms with Gasteiger partial charge in [-0.2, -0.15) is 0 Å². The van der Waals surface area contributed by atoms with Gasteiger partial charge in [-0.15, -0.1) is 0 Å². The van der Waals surface area contributed by atoms with Crippen LogP contribution in [0.25, 0.3) is 0 Å². The molecule has 1 aromatic rings. The Morgan fingerprint density at radius 2 is 2.33 bits per heavy atom. The molecule has 0 aromatic carbocycles. The Labute approximate surface area is 111 Å². The van der Waals surface area contributed by atoms with Crippen LogP contribution in [-0.2, 0) is 13.5 Å². The molecular formula is C15H27N3. The summed E-state index contributed by atoms with van der Waals surface area (Å²) in [6.45, 7) is 5.71. The lowest BCUT2D eigenvalue weighted by atomic mass is 9.87. The van der Waals surface area contributed by atoms with Gasteiger partial charge in [0.1, 0.15) is 5.82 Å². The molecule has 0 saturated heterocycles. The summed E-state index contributed by atoms with van der Waals surface area (Å²) in [5, 5.41) is 3.70. The standard InChI is InChI=1S/C15H27N3/c1-4-16-14(13-7-5-6-12(13)2)8-9-15-17-10-11-18(15)3/h10-14,16H,4-9H2,1-3H3. The average molecular weight is 249 g/mol. The lowest BCUT2D eigenvalue weighted by Crippen LogP contribution is -2.37. The largest absolute Gasteiger partial charge is 0.338 e. The van der Waals surface area contributed by atoms with E-state index in [4.69, 9.17) is 0 Å². The normalized spacial score (nSPS) is 25.5. The first kappa shape index (κ1) is 13.6. The van der Waals surface area contributed by atoms with Crippen LogP contribution in [0.3, 0.4) is 0 Å². The summed E-state index contributed by atoms with van der Waals surface area (Å²) >= 11 is 0. The summed E-state index contributed by atoms with van der Waals surface area (Å²) in [5.74, 6) is 2.96. The Morgan fingerprint density at radius 3 is 2.89 bits per heavy atom. The third kappa shape index (κ3) is 3.14. The van der Waals surface area contributed by atoms with Crippen molar-refractivity contribution in [3.05, 3.63) is 18.2 Å². The van der Waals surface area contributed by atoms with Crippen LogP contribution in [0, 0.1) is 11.8 Å². The van der Waals surface area contributed by atoms with Gasteiger partial charge in [0.05, 0.1) is 0 Å². The molecule has 0 radical (unpaired) electrons. The van der Waals surface area contributed by atoms with Crippen LogP contribution < -0.4 is 5.32 Å². The number of rotatable bonds is 6. The monoisotopic (exact) mass is 249 g/mol. The Hall–Kier alpha value is -0.830. The molecule has 1 heterocycles. The molecule has 0 aliphatic heterocycles. The molecule has 3 heteroatoms. The minimum atomic E-state index is 0.671. The van der Waals surface area contributed by atoms with Gasteiger partial charge in [0.2, 0.25) is 0 Å². The number of aryl methyl sites for hydroxylation is 2. The zero-order valence-electron chi connectivity index (χ0n) is 12.0. The minimum Gasteiger partial charge on any atom is -0.338 e. The van der Waals surface area contributed by atoms with E-state index in [1.807, 2.05) is 12.4 Å². The van der Waals surface area contributed by atoms with Crippen molar-refractivity contribution in [2.24, 2.45) is 18.9 Å². The smallest absolute Gasteiger partial charge is 0.108 e. The van der Waals surface area contributed by atoms with Gasteiger partial charge in [-0.3, -0.25) is 0 Å². The molecule has 3 unspecified atom stereocenters. The quantitative estimate of drug-likeness (QED) is 0.840. The molecule has 102 valence electrons. The molecule has 0 spiro atoms. The van der Waals surface area contributed by atoms with Gasteiger partial charge in [-0.25, -0.2) is 4.98 Å². The van der Waals surface area contributed by atoms with E-state index in [0.29, 0.717) is 6.04 Å². The predicted octanol–water partition coefficient (Wildman–Crippen LogP) is 2.77. The topological polar surface area (TPSA) is 29.9 Å². The molecule has 0 bridgehead atoms. The number of nitrogens with zero attached hydrogens (tertiary/aromatic N) is 2. The van der Waals surface area contributed by atoms with Crippen molar-refractivity contribution in [1.29, 1.82) is 0 Å². The molecule has 1 aromatic heterocycles. The number of hydrogen-bond acceptors (Lipinski definition) is 2. The van der Waals surface area contributed by atoms with Crippen LogP contribution in [0.4, 0.5) is 0 Å². The van der Waals surface area contributed by atoms with Crippen molar-refractivity contribution in [2.45, 2.75) is 52.0 Å². The third-order valence-electron chi connectivity index (χ3n) is 4.51. The summed E-state index contributed by atoms with van der Waals surface area (Å²) in [6, 6.07) is 0.671. The highest BCUT2D eigenvalue weighted by atomic mass is 15.0. The van der Waals surface area contributed by atoms with Gasteiger partial charge in [0.15, 0.2) is 0 Å². The maximum absolute atomic E-state index is 4.43. The molecule has 2 rings (SSSR count). The van der Waals surface area contributed by atoms with Crippen LogP contribution in [-0.4, -0.2) is 22.1 Å². The highest BCUT2D eigenvalue weighted by Crippen LogP contribution is 2.34.